The van der Waals surface area contributed by atoms with Crippen LogP contribution in [0.2, 0.25) is 0 Å². The van der Waals surface area contributed by atoms with Gasteiger partial charge in [-0.2, -0.15) is 0 Å². The van der Waals surface area contributed by atoms with E-state index in [1.807, 2.05) is 0 Å². The molecule has 21 radical (unpaired) electrons. The number of nitro benzene ring substituents is 3. The monoisotopic (exact) mass is 815 g/mol. The van der Waals surface area contributed by atoms with Gasteiger partial charge < -0.3 is 15.9 Å². The number of non-ortho nitro benzene ring substituents is 2. The maximum absolute atomic E-state index is 12.7. The first kappa shape index (κ1) is 59.2. The molecular weight excluding hydrogens is 800 g/mol. The number of phenolic OH excluding ortho intramolecular Hbond substituents is 2. The number of benzene rings is 2. The summed E-state index contributed by atoms with van der Waals surface area (Å²) in [7, 11) is 58.4. The van der Waals surface area contributed by atoms with E-state index >= 15 is 0 Å². The van der Waals surface area contributed by atoms with Gasteiger partial charge in [-0.1, -0.05) is 11.5 Å². The molecule has 33 heteroatoms. The van der Waals surface area contributed by atoms with E-state index in [1.54, 1.807) is 0 Å². The van der Waals surface area contributed by atoms with E-state index in [1.165, 1.54) is 7.06 Å². The molecule has 0 aromatic heterocycles. The van der Waals surface area contributed by atoms with Gasteiger partial charge in [0.25, 0.3) is 11.4 Å². The van der Waals surface area contributed by atoms with Crippen molar-refractivity contribution in [2.45, 2.75) is 0 Å². The van der Waals surface area contributed by atoms with Crippen molar-refractivity contribution in [1.29, 1.82) is 0 Å². The smallest absolute Gasteiger partial charge is 0.320 e. The van der Waals surface area contributed by atoms with Gasteiger partial charge in [-0.25, -0.2) is 8.78 Å². The van der Waals surface area contributed by atoms with Gasteiger partial charge in [-0.3, -0.25) is 30.3 Å². The number of phenols is 2. The largest absolute Gasteiger partial charge is 0.503 e. The van der Waals surface area contributed by atoms with E-state index < -0.39 is 106 Å². The number of halogens is 2. The van der Waals surface area contributed by atoms with Crippen molar-refractivity contribution in [3.63, 3.8) is 0 Å². The zero-order valence-corrected chi connectivity index (χ0v) is 33.2. The molecule has 0 aliphatic carbocycles. The van der Waals surface area contributed by atoms with Gasteiger partial charge in [0.15, 0.2) is 17.4 Å². The first-order chi connectivity index (χ1) is 30.0. The summed E-state index contributed by atoms with van der Waals surface area (Å²) >= 11 is 0. The number of nitrogen functional groups attached to an aromatic ring is 1. The number of hydrogen-bond donors (Lipinski definition) is 3. The van der Waals surface area contributed by atoms with Crippen LogP contribution in [-0.2, 0) is 0 Å². The van der Waals surface area contributed by atoms with Gasteiger partial charge in [0.1, 0.15) is 0 Å². The summed E-state index contributed by atoms with van der Waals surface area (Å²) in [6.07, 6.45) is -5.72. The van der Waals surface area contributed by atoms with Crippen molar-refractivity contribution in [2.75, 3.05) is 5.73 Å². The van der Waals surface area contributed by atoms with Gasteiger partial charge in [0.2, 0.25) is 5.75 Å². The molecule has 0 spiro atoms. The van der Waals surface area contributed by atoms with Gasteiger partial charge in [0, 0.05) is 142 Å². The van der Waals surface area contributed by atoms with E-state index in [9.17, 15) is 39.1 Å². The second-order valence-electron chi connectivity index (χ2n) is 11.5. The van der Waals surface area contributed by atoms with Crippen molar-refractivity contribution in [1.82, 2.24) is 0 Å². The number of nitro groups is 3. The van der Waals surface area contributed by atoms with Crippen molar-refractivity contribution < 1.29 is 33.8 Å². The standard InChI is InChI=1S/C19H4.C6H3FN2O5.C6H5FN2O3.B19/c1-3-5-7-9-11-13-15-17-19-18-16-14-12-10-8-6-4-2;7-4-1-3(8(11)12)2-5(6(4)10)9(13)14;7-4-1-3(9(11)12)2-5(8)6(4)10;1-11-16(10)19(17(12(2)3)13(4)5)18(14(6)7)15(8)9/h1-2H2;1-2,10H;1-2,10H,8H2;. The molecule has 0 amide bonds. The Bertz CT molecular complexity index is 2560. The Morgan fingerprint density at radius 1 is 0.531 bits per heavy atom. The van der Waals surface area contributed by atoms with Crippen LogP contribution in [-0.4, -0.2) is 160 Å². The minimum absolute atomic E-state index is 0.346. The zero-order valence-electron chi connectivity index (χ0n) is 33.2. The highest BCUT2D eigenvalue weighted by atomic mass is 19.1. The first-order valence-electron chi connectivity index (χ1n) is 16.9. The lowest BCUT2D eigenvalue weighted by molar-refractivity contribution is -0.395. The molecule has 0 atom stereocenters. The summed E-state index contributed by atoms with van der Waals surface area (Å²) in [5.41, 5.74) is 44.3. The van der Waals surface area contributed by atoms with Gasteiger partial charge >= 0.3 is 5.69 Å². The van der Waals surface area contributed by atoms with Gasteiger partial charge in [0.05, 0.1) is 38.7 Å². The van der Waals surface area contributed by atoms with Crippen LogP contribution in [0.3, 0.4) is 0 Å². The third-order valence-electron chi connectivity index (χ3n) is 7.11. The third kappa shape index (κ3) is 23.4. The Kier molecular flexibility index (Phi) is 30.3. The predicted molar refractivity (Wildman–Crippen MR) is 261 cm³/mol. The Labute approximate surface area is 384 Å². The van der Waals surface area contributed by atoms with E-state index in [4.69, 9.17) is 93.3 Å². The molecule has 0 fully saturated rings. The molecule has 0 saturated heterocycles. The van der Waals surface area contributed by atoms with Crippen LogP contribution in [0.15, 0.2) is 135 Å². The number of hydrogen-bond acceptors (Lipinski definition) is 9. The molecule has 2 rings (SSSR count). The second-order valence-corrected chi connectivity index (χ2v) is 11.5. The zero-order chi connectivity index (χ0) is 49.5. The van der Waals surface area contributed by atoms with E-state index in [-0.39, 0.29) is 5.69 Å². The molecule has 275 valence electrons. The topological polar surface area (TPSA) is 196 Å². The first-order valence-corrected chi connectivity index (χ1v) is 16.9. The van der Waals surface area contributed by atoms with Gasteiger partial charge in [-0.05, 0) is 99.1 Å². The van der Waals surface area contributed by atoms with E-state index in [2.05, 4.69) is 111 Å². The van der Waals surface area contributed by atoms with Crippen LogP contribution in [0.5, 0.6) is 11.5 Å². The number of anilines is 1. The Morgan fingerprint density at radius 2 is 0.828 bits per heavy atom. The molecule has 2 aromatic rings. The minimum atomic E-state index is -1.40. The van der Waals surface area contributed by atoms with Crippen LogP contribution in [0.1, 0.15) is 0 Å². The maximum Gasteiger partial charge on any atom is 0.320 e. The van der Waals surface area contributed by atoms with Crippen LogP contribution in [0, 0.1) is 42.0 Å². The summed E-state index contributed by atoms with van der Waals surface area (Å²) in [4.78, 5) is 27.6. The quantitative estimate of drug-likeness (QED) is 0.0610. The van der Waals surface area contributed by atoms with Crippen molar-refractivity contribution in [2.24, 2.45) is 0 Å². The van der Waals surface area contributed by atoms with Crippen molar-refractivity contribution in [3.8, 4) is 11.5 Å². The molecule has 64 heavy (non-hydrogen) atoms. The van der Waals surface area contributed by atoms with E-state index in [0.717, 1.165) is 6.07 Å². The molecule has 0 unspecified atom stereocenters. The van der Waals surface area contributed by atoms with Crippen LogP contribution >= 0.6 is 0 Å². The number of aromatic hydroxyl groups is 2. The average molecular weight is 812 g/mol. The van der Waals surface area contributed by atoms with Crippen molar-refractivity contribution >= 4 is 158 Å². The molecule has 12 nitrogen and oxygen atoms in total. The lowest BCUT2D eigenvalue weighted by Crippen LogP contribution is -2.79. The molecule has 0 aliphatic heterocycles. The fourth-order valence-corrected chi connectivity index (χ4v) is 4.46. The molecule has 4 N–H and O–H groups in total. The predicted octanol–water partition coefficient (Wildman–Crippen LogP) is -1.43. The molecule has 0 saturated carbocycles. The SMILES string of the molecule is C=C=C=C=C=C=C=C=C=C=C=C=C=C=C=C=C=C=C.Nc1cc([N+](=O)[O-])cc(F)c1O.O=[N+]([O-])c1cc(F)c(O)c([N+](=O)[O-])c1.[B][B]B([B])B(B(B([B])[B])B([B])[B])B(B([B])[B])B([B])[B]. The highest BCUT2D eigenvalue weighted by Gasteiger charge is 2.42. The lowest BCUT2D eigenvalue weighted by atomic mass is 8.40. The molecule has 0 bridgehead atoms. The number of rotatable bonds is 11. The summed E-state index contributed by atoms with van der Waals surface area (Å²) in [5.74, 6) is -4.46. The summed E-state index contributed by atoms with van der Waals surface area (Å²) in [6.45, 7) is 6.59. The Balaban J connectivity index is 0. The normalized spacial score (nSPS) is 7.78. The minimum Gasteiger partial charge on any atom is -0.503 e. The molecule has 0 aliphatic rings. The average Bonchev–Trinajstić information content (AvgIpc) is 3.21. The highest BCUT2D eigenvalue weighted by Crippen LogP contribution is 2.32. The molecule has 2 aromatic carbocycles. The summed E-state index contributed by atoms with van der Waals surface area (Å²) < 4.78 is 25.3. The Morgan fingerprint density at radius 3 is 1.08 bits per heavy atom. The van der Waals surface area contributed by atoms with E-state index in [0.29, 0.717) is 18.2 Å². The van der Waals surface area contributed by atoms with Crippen LogP contribution in [0.4, 0.5) is 31.5 Å². The van der Waals surface area contributed by atoms with Crippen LogP contribution in [0.25, 0.3) is 0 Å². The highest BCUT2D eigenvalue weighted by molar-refractivity contribution is 8.18. The molecular formula is C31H12B19F2N4O8. The van der Waals surface area contributed by atoms with Gasteiger partial charge in [-0.15, -0.1) is 0 Å². The van der Waals surface area contributed by atoms with Crippen LogP contribution < -0.4 is 5.73 Å². The third-order valence-corrected chi connectivity index (χ3v) is 7.11. The fourth-order valence-electron chi connectivity index (χ4n) is 4.46. The summed E-state index contributed by atoms with van der Waals surface area (Å²) in [6, 6.07) is 2.38. The Hall–Kier alpha value is -6.87. The summed E-state index contributed by atoms with van der Waals surface area (Å²) in [5, 5.41) is 48.1. The number of nitrogens with two attached hydrogens (primary N) is 1. The second kappa shape index (κ2) is 32.8. The molecule has 0 heterocycles. The maximum atomic E-state index is 12.7. The number of nitrogens with zero attached hydrogens (tertiary/aromatic N) is 3. The fraction of sp³-hybridized carbons (Fsp3) is 0. The lowest BCUT2D eigenvalue weighted by Gasteiger charge is -2.41. The van der Waals surface area contributed by atoms with Crippen molar-refractivity contribution in [3.05, 3.63) is 177 Å².